The predicted molar refractivity (Wildman–Crippen MR) is 108 cm³/mol. The molecule has 0 spiro atoms. The molecular weight excluding hydrogens is 380 g/mol. The predicted octanol–water partition coefficient (Wildman–Crippen LogP) is 5.36. The first kappa shape index (κ1) is 18.2. The van der Waals surface area contributed by atoms with Gasteiger partial charge in [0.25, 0.3) is 12.0 Å². The first-order valence-corrected chi connectivity index (χ1v) is 8.98. The Bertz CT molecular complexity index is 1300. The van der Waals surface area contributed by atoms with Gasteiger partial charge in [0.2, 0.25) is 0 Å². The van der Waals surface area contributed by atoms with E-state index < -0.39 is 12.0 Å². The Hall–Kier alpha value is -3.19. The van der Waals surface area contributed by atoms with Gasteiger partial charge >= 0.3 is 0 Å². The Balaban J connectivity index is 2.20. The van der Waals surface area contributed by atoms with Crippen LogP contribution in [0.4, 0.5) is 8.78 Å². The van der Waals surface area contributed by atoms with E-state index >= 15 is 0 Å². The summed E-state index contributed by atoms with van der Waals surface area (Å²) in [5, 5.41) is -0.161. The van der Waals surface area contributed by atoms with Gasteiger partial charge in [-0.05, 0) is 36.8 Å². The van der Waals surface area contributed by atoms with Gasteiger partial charge in [-0.3, -0.25) is 14.3 Å². The number of aryl methyl sites for hydroxylation is 1. The number of rotatable bonds is 3. The first-order chi connectivity index (χ1) is 13.5. The molecule has 7 heteroatoms. The third kappa shape index (κ3) is 3.03. The second kappa shape index (κ2) is 7.09. The smallest absolute Gasteiger partial charge is 0.264 e. The minimum atomic E-state index is -2.84. The highest BCUT2D eigenvalue weighted by Crippen LogP contribution is 2.30. The molecule has 0 aliphatic heterocycles. The molecule has 4 rings (SSSR count). The van der Waals surface area contributed by atoms with E-state index in [2.05, 4.69) is 9.97 Å². The zero-order valence-electron chi connectivity index (χ0n) is 14.8. The minimum absolute atomic E-state index is 0.102. The molecule has 0 bridgehead atoms. The molecular formula is C21H15F2N3OS. The van der Waals surface area contributed by atoms with E-state index in [4.69, 9.17) is 12.2 Å². The lowest BCUT2D eigenvalue weighted by molar-refractivity contribution is 0.153. The van der Waals surface area contributed by atoms with E-state index in [0.717, 1.165) is 5.56 Å². The Kier molecular flexibility index (Phi) is 4.60. The monoisotopic (exact) mass is 395 g/mol. The number of para-hydroxylation sites is 1. The number of nitrogens with one attached hydrogen (secondary N) is 1. The van der Waals surface area contributed by atoms with Crippen molar-refractivity contribution in [1.29, 1.82) is 0 Å². The number of H-pyrrole nitrogens is 1. The van der Waals surface area contributed by atoms with Crippen LogP contribution in [0, 0.1) is 11.7 Å². The van der Waals surface area contributed by atoms with Gasteiger partial charge in [0.15, 0.2) is 10.4 Å². The summed E-state index contributed by atoms with van der Waals surface area (Å²) in [6.07, 6.45) is -2.84. The van der Waals surface area contributed by atoms with Crippen LogP contribution in [0.2, 0.25) is 0 Å². The number of fused-ring (bicyclic) bond motifs is 1. The van der Waals surface area contributed by atoms with Crippen LogP contribution in [0.25, 0.3) is 28.0 Å². The minimum Gasteiger partial charge on any atom is -0.298 e. The van der Waals surface area contributed by atoms with Crippen molar-refractivity contribution in [3.8, 4) is 16.9 Å². The number of aromatic amines is 1. The highest BCUT2D eigenvalue weighted by Gasteiger charge is 2.21. The largest absolute Gasteiger partial charge is 0.298 e. The fraction of sp³-hybridized carbons (Fsp3) is 0.0952. The van der Waals surface area contributed by atoms with Gasteiger partial charge < -0.3 is 0 Å². The molecule has 0 saturated carbocycles. The molecule has 0 amide bonds. The molecule has 4 nitrogen and oxygen atoms in total. The van der Waals surface area contributed by atoms with Crippen LogP contribution in [0.5, 0.6) is 0 Å². The number of alkyl halides is 2. The molecule has 140 valence electrons. The van der Waals surface area contributed by atoms with Crippen LogP contribution in [0.3, 0.4) is 0 Å². The Morgan fingerprint density at radius 1 is 1.07 bits per heavy atom. The maximum Gasteiger partial charge on any atom is 0.264 e. The van der Waals surface area contributed by atoms with Gasteiger partial charge in [0, 0.05) is 11.1 Å². The summed E-state index contributed by atoms with van der Waals surface area (Å²) in [6, 6.07) is 17.6. The summed E-state index contributed by atoms with van der Waals surface area (Å²) >= 11 is 5.36. The molecule has 0 atom stereocenters. The maximum atomic E-state index is 13.9. The zero-order valence-corrected chi connectivity index (χ0v) is 15.6. The third-order valence-corrected chi connectivity index (χ3v) is 4.84. The van der Waals surface area contributed by atoms with Crippen molar-refractivity contribution in [3.05, 3.63) is 86.9 Å². The lowest BCUT2D eigenvalue weighted by atomic mass is 10.1. The molecule has 0 fully saturated rings. The number of pyridine rings is 1. The molecule has 1 N–H and O–H groups in total. The Morgan fingerprint density at radius 2 is 1.75 bits per heavy atom. The van der Waals surface area contributed by atoms with E-state index in [-0.39, 0.29) is 21.4 Å². The SMILES string of the molecule is Cc1ccccc1-n1c(=S)[nH]c(=O)c2c(C(F)F)cc(-c3ccccc3)nc21. The zero-order chi connectivity index (χ0) is 19.8. The maximum absolute atomic E-state index is 13.9. The van der Waals surface area contributed by atoms with Crippen molar-refractivity contribution in [1.82, 2.24) is 14.5 Å². The number of nitrogens with zero attached hydrogens (tertiary/aromatic N) is 2. The fourth-order valence-corrected chi connectivity index (χ4v) is 3.50. The van der Waals surface area contributed by atoms with Crippen LogP contribution in [0.15, 0.2) is 65.5 Å². The van der Waals surface area contributed by atoms with Gasteiger partial charge in [0.05, 0.1) is 16.8 Å². The number of hydrogen-bond donors (Lipinski definition) is 1. The lowest BCUT2D eigenvalue weighted by Crippen LogP contribution is -2.17. The summed E-state index contributed by atoms with van der Waals surface area (Å²) in [5.74, 6) is 0. The molecule has 4 aromatic rings. The van der Waals surface area contributed by atoms with Gasteiger partial charge in [-0.2, -0.15) is 0 Å². The average molecular weight is 395 g/mol. The third-order valence-electron chi connectivity index (χ3n) is 4.55. The van der Waals surface area contributed by atoms with Crippen LogP contribution >= 0.6 is 12.2 Å². The van der Waals surface area contributed by atoms with Gasteiger partial charge in [-0.1, -0.05) is 48.5 Å². The number of benzene rings is 2. The summed E-state index contributed by atoms with van der Waals surface area (Å²) in [6.45, 7) is 1.88. The molecule has 2 aromatic heterocycles. The highest BCUT2D eigenvalue weighted by atomic mass is 32.1. The average Bonchev–Trinajstić information content (AvgIpc) is 2.69. The summed E-state index contributed by atoms with van der Waals surface area (Å²) in [4.78, 5) is 19.6. The molecule has 0 aliphatic rings. The number of halogens is 2. The van der Waals surface area contributed by atoms with Crippen molar-refractivity contribution < 1.29 is 8.78 Å². The van der Waals surface area contributed by atoms with E-state index in [0.29, 0.717) is 16.9 Å². The fourth-order valence-electron chi connectivity index (χ4n) is 3.22. The van der Waals surface area contributed by atoms with Gasteiger partial charge in [0.1, 0.15) is 0 Å². The van der Waals surface area contributed by atoms with Crippen LogP contribution in [0.1, 0.15) is 17.6 Å². The van der Waals surface area contributed by atoms with Crippen LogP contribution < -0.4 is 5.56 Å². The summed E-state index contributed by atoms with van der Waals surface area (Å²) in [5.41, 5.74) is 1.64. The normalized spacial score (nSPS) is 11.3. The van der Waals surface area contributed by atoms with Crippen molar-refractivity contribution in [2.45, 2.75) is 13.3 Å². The second-order valence-corrected chi connectivity index (χ2v) is 6.73. The summed E-state index contributed by atoms with van der Waals surface area (Å²) < 4.78 is 29.4. The topological polar surface area (TPSA) is 50.7 Å². The van der Waals surface area contributed by atoms with Crippen LogP contribution in [-0.2, 0) is 0 Å². The number of aromatic nitrogens is 3. The first-order valence-electron chi connectivity index (χ1n) is 8.57. The molecule has 0 saturated heterocycles. The number of hydrogen-bond acceptors (Lipinski definition) is 3. The summed E-state index contributed by atoms with van der Waals surface area (Å²) in [7, 11) is 0. The molecule has 0 radical (unpaired) electrons. The van der Waals surface area contributed by atoms with Gasteiger partial charge in [-0.25, -0.2) is 13.8 Å². The lowest BCUT2D eigenvalue weighted by Gasteiger charge is -2.16. The van der Waals surface area contributed by atoms with Crippen molar-refractivity contribution in [2.24, 2.45) is 0 Å². The van der Waals surface area contributed by atoms with E-state index in [1.165, 1.54) is 6.07 Å². The molecule has 28 heavy (non-hydrogen) atoms. The second-order valence-electron chi connectivity index (χ2n) is 6.34. The van der Waals surface area contributed by atoms with Crippen molar-refractivity contribution in [2.75, 3.05) is 0 Å². The highest BCUT2D eigenvalue weighted by molar-refractivity contribution is 7.71. The Morgan fingerprint density at radius 3 is 2.43 bits per heavy atom. The quantitative estimate of drug-likeness (QED) is 0.475. The van der Waals surface area contributed by atoms with E-state index in [9.17, 15) is 13.6 Å². The van der Waals surface area contributed by atoms with E-state index in [1.54, 1.807) is 28.8 Å². The molecule has 0 unspecified atom stereocenters. The van der Waals surface area contributed by atoms with Crippen molar-refractivity contribution in [3.63, 3.8) is 0 Å². The van der Waals surface area contributed by atoms with E-state index in [1.807, 2.05) is 37.3 Å². The standard InChI is InChI=1S/C21H15F2N3OS/c1-12-7-5-6-10-16(12)26-19-17(20(27)25-21(26)28)14(18(22)23)11-15(24-19)13-8-3-2-4-9-13/h2-11,18H,1H3,(H,25,27,28). The molecule has 2 aromatic carbocycles. The Labute approximate surface area is 164 Å². The van der Waals surface area contributed by atoms with Crippen LogP contribution in [-0.4, -0.2) is 14.5 Å². The molecule has 2 heterocycles. The molecule has 0 aliphatic carbocycles. The van der Waals surface area contributed by atoms with Gasteiger partial charge in [-0.15, -0.1) is 0 Å². The van der Waals surface area contributed by atoms with Crippen molar-refractivity contribution >= 4 is 23.3 Å².